The molecule has 2 unspecified atom stereocenters. The first-order valence-corrected chi connectivity index (χ1v) is 15.6. The summed E-state index contributed by atoms with van der Waals surface area (Å²) in [6.45, 7) is 2.93. The van der Waals surface area contributed by atoms with Crippen LogP contribution in [0.3, 0.4) is 0 Å². The lowest BCUT2D eigenvalue weighted by molar-refractivity contribution is -0.173. The summed E-state index contributed by atoms with van der Waals surface area (Å²) in [5.74, 6) is -7.00. The third-order valence-corrected chi connectivity index (χ3v) is 8.20. The van der Waals surface area contributed by atoms with Crippen molar-refractivity contribution < 1.29 is 50.3 Å². The van der Waals surface area contributed by atoms with Crippen LogP contribution in [0, 0.1) is 23.4 Å². The minimum Gasteiger partial charge on any atom is -0.462 e. The molecule has 17 heteroatoms. The third kappa shape index (κ3) is 11.1. The molecule has 0 radical (unpaired) electrons. The summed E-state index contributed by atoms with van der Waals surface area (Å²) in [7, 11) is 0. The Bertz CT molecular complexity index is 1430. The number of halogens is 6. The first-order valence-electron chi connectivity index (χ1n) is 14.5. The highest BCUT2D eigenvalue weighted by molar-refractivity contribution is 8.00. The van der Waals surface area contributed by atoms with Gasteiger partial charge in [-0.05, 0) is 41.7 Å². The van der Waals surface area contributed by atoms with E-state index in [1.54, 1.807) is 43.4 Å². The molecule has 0 saturated carbocycles. The van der Waals surface area contributed by atoms with Gasteiger partial charge in [-0.3, -0.25) is 14.4 Å². The average Bonchev–Trinajstić information content (AvgIpc) is 3.50. The van der Waals surface area contributed by atoms with E-state index in [4.69, 9.17) is 10.5 Å². The van der Waals surface area contributed by atoms with Crippen molar-refractivity contribution in [3.63, 3.8) is 0 Å². The van der Waals surface area contributed by atoms with Gasteiger partial charge >= 0.3 is 18.1 Å². The van der Waals surface area contributed by atoms with E-state index < -0.39 is 77.9 Å². The quantitative estimate of drug-likeness (QED) is 0.102. The van der Waals surface area contributed by atoms with Crippen molar-refractivity contribution in [3.05, 3.63) is 65.0 Å². The van der Waals surface area contributed by atoms with Gasteiger partial charge in [0.1, 0.15) is 18.5 Å². The van der Waals surface area contributed by atoms with Crippen LogP contribution >= 0.6 is 11.8 Å². The van der Waals surface area contributed by atoms with Crippen LogP contribution in [0.25, 0.3) is 0 Å². The Morgan fingerprint density at radius 3 is 2.32 bits per heavy atom. The lowest BCUT2D eigenvalue weighted by atomic mass is 10.0. The van der Waals surface area contributed by atoms with Crippen LogP contribution < -0.4 is 21.7 Å². The Morgan fingerprint density at radius 1 is 1.02 bits per heavy atom. The number of thioether (sulfide) groups is 1. The number of amides is 3. The van der Waals surface area contributed by atoms with Crippen LogP contribution in [0.2, 0.25) is 0 Å². The van der Waals surface area contributed by atoms with E-state index in [9.17, 15) is 45.5 Å². The minimum absolute atomic E-state index is 0.117. The van der Waals surface area contributed by atoms with Crippen LogP contribution in [0.15, 0.2) is 36.4 Å². The van der Waals surface area contributed by atoms with Gasteiger partial charge in [0.25, 0.3) is 5.91 Å². The monoisotopic (exact) mass is 691 g/mol. The summed E-state index contributed by atoms with van der Waals surface area (Å²) in [6.07, 6.45) is -5.48. The Hall–Kier alpha value is -3.99. The molecule has 258 valence electrons. The zero-order valence-corrected chi connectivity index (χ0v) is 26.3. The number of nitrogens with two attached hydrogens (primary N) is 1. The lowest BCUT2D eigenvalue weighted by Gasteiger charge is -2.24. The number of carbonyl (C=O) groups is 4. The van der Waals surface area contributed by atoms with Crippen molar-refractivity contribution in [1.82, 2.24) is 15.5 Å². The van der Waals surface area contributed by atoms with Crippen molar-refractivity contribution in [2.75, 3.05) is 30.8 Å². The molecular formula is C30H35F6N5O5S. The van der Waals surface area contributed by atoms with Gasteiger partial charge < -0.3 is 31.3 Å². The molecule has 0 spiro atoms. The first-order chi connectivity index (χ1) is 22.1. The average molecular weight is 692 g/mol. The molecule has 10 nitrogen and oxygen atoms in total. The van der Waals surface area contributed by atoms with Crippen LogP contribution in [-0.4, -0.2) is 77.7 Å². The number of benzene rings is 2. The fourth-order valence-corrected chi connectivity index (χ4v) is 5.70. The summed E-state index contributed by atoms with van der Waals surface area (Å²) in [5.41, 5.74) is 7.06. The fourth-order valence-electron chi connectivity index (χ4n) is 4.54. The normalized spacial score (nSPS) is 16.0. The van der Waals surface area contributed by atoms with Crippen LogP contribution in [0.4, 0.5) is 32.0 Å². The second-order valence-corrected chi connectivity index (χ2v) is 12.2. The number of anilines is 1. The fraction of sp³-hybridized carbons (Fsp3) is 0.467. The number of hydrogen-bond donors (Lipinski definition) is 4. The summed E-state index contributed by atoms with van der Waals surface area (Å²) >= 11 is 1.26. The maximum absolute atomic E-state index is 14.0. The van der Waals surface area contributed by atoms with E-state index in [1.807, 2.05) is 0 Å². The number of carbonyl (C=O) groups excluding carboxylic acids is 4. The summed E-state index contributed by atoms with van der Waals surface area (Å²) in [5, 5.41) is 6.57. The van der Waals surface area contributed by atoms with Gasteiger partial charge in [-0.25, -0.2) is 18.0 Å². The predicted molar refractivity (Wildman–Crippen MR) is 161 cm³/mol. The lowest BCUT2D eigenvalue weighted by Crippen LogP contribution is -2.46. The molecule has 2 aromatic rings. The highest BCUT2D eigenvalue weighted by atomic mass is 32.2. The van der Waals surface area contributed by atoms with Gasteiger partial charge in [-0.15, -0.1) is 11.8 Å². The van der Waals surface area contributed by atoms with Gasteiger partial charge in [0.05, 0.1) is 6.54 Å². The number of ether oxygens (including phenoxy) is 1. The van der Waals surface area contributed by atoms with Crippen molar-refractivity contribution >= 4 is 41.1 Å². The van der Waals surface area contributed by atoms with E-state index >= 15 is 0 Å². The molecule has 1 saturated heterocycles. The third-order valence-electron chi connectivity index (χ3n) is 7.00. The molecule has 1 fully saturated rings. The number of nitrogens with zero attached hydrogens (tertiary/aromatic N) is 1. The summed E-state index contributed by atoms with van der Waals surface area (Å²) in [4.78, 5) is 50.6. The Balaban J connectivity index is 1.47. The Kier molecular flexibility index (Phi) is 13.3. The Labute approximate surface area is 271 Å². The first kappa shape index (κ1) is 37.5. The van der Waals surface area contributed by atoms with Crippen LogP contribution in [-0.2, 0) is 36.9 Å². The summed E-state index contributed by atoms with van der Waals surface area (Å²) < 4.78 is 82.5. The molecule has 47 heavy (non-hydrogen) atoms. The number of esters is 1. The molecule has 1 aliphatic heterocycles. The van der Waals surface area contributed by atoms with Gasteiger partial charge in [0, 0.05) is 43.1 Å². The maximum Gasteiger partial charge on any atom is 0.471 e. The second kappa shape index (κ2) is 16.7. The highest BCUT2D eigenvalue weighted by Gasteiger charge is 2.38. The molecule has 3 rings (SSSR count). The molecule has 0 aromatic heterocycles. The number of nitrogens with one attached hydrogen (secondary N) is 3. The van der Waals surface area contributed by atoms with Crippen molar-refractivity contribution in [1.29, 1.82) is 0 Å². The number of hydrogen-bond acceptors (Lipinski definition) is 8. The summed E-state index contributed by atoms with van der Waals surface area (Å²) in [6, 6.07) is 6.09. The van der Waals surface area contributed by atoms with Crippen molar-refractivity contribution in [2.24, 2.45) is 11.7 Å². The van der Waals surface area contributed by atoms with E-state index in [1.165, 1.54) is 16.7 Å². The number of rotatable bonds is 14. The molecular weight excluding hydrogens is 656 g/mol. The second-order valence-electron chi connectivity index (χ2n) is 11.0. The van der Waals surface area contributed by atoms with Gasteiger partial charge in [0.2, 0.25) is 5.91 Å². The van der Waals surface area contributed by atoms with Gasteiger partial charge in [-0.2, -0.15) is 13.2 Å². The molecule has 0 aliphatic carbocycles. The molecule has 5 N–H and O–H groups in total. The molecule has 2 aromatic carbocycles. The zero-order valence-electron chi connectivity index (χ0n) is 25.5. The van der Waals surface area contributed by atoms with E-state index in [-0.39, 0.29) is 37.4 Å². The van der Waals surface area contributed by atoms with Crippen molar-refractivity contribution in [2.45, 2.75) is 56.9 Å². The van der Waals surface area contributed by atoms with E-state index in [0.29, 0.717) is 29.1 Å². The van der Waals surface area contributed by atoms with Crippen LogP contribution in [0.5, 0.6) is 0 Å². The minimum atomic E-state index is -5.04. The standard InChI is InChI=1S/C30H35F6N5O5S/c1-16(2)25(28(44)46-9-7-38-29(45)30(34,35)36)40-20-5-3-17(4-6-20)15-39-26(43)27-41(8-10-47-27)24(42)13-19(37)11-18-12-22(32)23(33)14-21(18)31/h3-6,12,14,16,19,25,27,40H,7-11,13,15,37H2,1-2H3,(H,38,45)(H,39,43)/t19?,25?,27-/m0/s1. The Morgan fingerprint density at radius 2 is 1.68 bits per heavy atom. The predicted octanol–water partition coefficient (Wildman–Crippen LogP) is 3.24. The topological polar surface area (TPSA) is 143 Å². The molecule has 1 heterocycles. The SMILES string of the molecule is CC(C)C(Nc1ccc(CNC(=O)[C@@H]2SCCN2C(=O)CC(N)Cc2cc(F)c(F)cc2F)cc1)C(=O)OCCNC(=O)C(F)(F)F. The van der Waals surface area contributed by atoms with Gasteiger partial charge in [-0.1, -0.05) is 26.0 Å². The van der Waals surface area contributed by atoms with Gasteiger partial charge in [0.15, 0.2) is 17.0 Å². The van der Waals surface area contributed by atoms with E-state index in [2.05, 4.69) is 10.6 Å². The molecule has 3 atom stereocenters. The number of alkyl halides is 3. The van der Waals surface area contributed by atoms with Crippen molar-refractivity contribution in [3.8, 4) is 0 Å². The molecule has 1 aliphatic rings. The van der Waals surface area contributed by atoms with E-state index in [0.717, 1.165) is 0 Å². The molecule has 3 amide bonds. The largest absolute Gasteiger partial charge is 0.471 e. The maximum atomic E-state index is 14.0. The van der Waals surface area contributed by atoms with Crippen LogP contribution in [0.1, 0.15) is 31.4 Å². The smallest absolute Gasteiger partial charge is 0.462 e. The molecule has 0 bridgehead atoms. The zero-order chi connectivity index (χ0) is 34.9. The highest BCUT2D eigenvalue weighted by Crippen LogP contribution is 2.26.